The Bertz CT molecular complexity index is 552. The van der Waals surface area contributed by atoms with Crippen LogP contribution in [0.1, 0.15) is 48.7 Å². The SMILES string of the molecule is Cc1cc(C)n(CCCNCc2ccc(C(C)C)cc2)n1. The van der Waals surface area contributed by atoms with E-state index in [1.165, 1.54) is 16.8 Å². The number of benzene rings is 1. The Hall–Kier alpha value is -1.61. The van der Waals surface area contributed by atoms with Gasteiger partial charge in [0.25, 0.3) is 0 Å². The van der Waals surface area contributed by atoms with Crippen molar-refractivity contribution in [1.29, 1.82) is 0 Å². The lowest BCUT2D eigenvalue weighted by atomic mass is 10.0. The normalized spacial score (nSPS) is 11.3. The van der Waals surface area contributed by atoms with E-state index >= 15 is 0 Å². The number of aryl methyl sites for hydroxylation is 3. The molecular formula is C18H27N3. The van der Waals surface area contributed by atoms with Gasteiger partial charge in [0.05, 0.1) is 5.69 Å². The maximum Gasteiger partial charge on any atom is 0.0596 e. The fourth-order valence-corrected chi connectivity index (χ4v) is 2.51. The minimum absolute atomic E-state index is 0.604. The lowest BCUT2D eigenvalue weighted by Crippen LogP contribution is -2.17. The molecule has 0 bridgehead atoms. The van der Waals surface area contributed by atoms with Crippen LogP contribution in [0.4, 0.5) is 0 Å². The Kier molecular flexibility index (Phi) is 5.57. The Morgan fingerprint density at radius 3 is 2.43 bits per heavy atom. The van der Waals surface area contributed by atoms with Crippen LogP contribution in [0, 0.1) is 13.8 Å². The summed E-state index contributed by atoms with van der Waals surface area (Å²) in [5, 5.41) is 7.99. The monoisotopic (exact) mass is 285 g/mol. The van der Waals surface area contributed by atoms with E-state index in [2.05, 4.69) is 66.2 Å². The average molecular weight is 285 g/mol. The Balaban J connectivity index is 1.69. The van der Waals surface area contributed by atoms with Gasteiger partial charge in [0.15, 0.2) is 0 Å². The number of nitrogens with one attached hydrogen (secondary N) is 1. The van der Waals surface area contributed by atoms with Gasteiger partial charge in [-0.3, -0.25) is 4.68 Å². The first-order chi connectivity index (χ1) is 10.1. The van der Waals surface area contributed by atoms with Crippen molar-refractivity contribution in [2.45, 2.75) is 53.1 Å². The van der Waals surface area contributed by atoms with Crippen molar-refractivity contribution in [2.75, 3.05) is 6.54 Å². The zero-order valence-corrected chi connectivity index (χ0v) is 13.7. The van der Waals surface area contributed by atoms with Crippen LogP contribution in [-0.4, -0.2) is 16.3 Å². The highest BCUT2D eigenvalue weighted by atomic mass is 15.3. The van der Waals surface area contributed by atoms with Crippen LogP contribution < -0.4 is 5.32 Å². The molecule has 2 aromatic rings. The van der Waals surface area contributed by atoms with E-state index in [0.29, 0.717) is 5.92 Å². The van der Waals surface area contributed by atoms with Gasteiger partial charge < -0.3 is 5.32 Å². The summed E-state index contributed by atoms with van der Waals surface area (Å²) in [4.78, 5) is 0. The molecule has 0 radical (unpaired) electrons. The van der Waals surface area contributed by atoms with Gasteiger partial charge in [-0.2, -0.15) is 5.10 Å². The van der Waals surface area contributed by atoms with E-state index in [4.69, 9.17) is 0 Å². The van der Waals surface area contributed by atoms with Crippen molar-refractivity contribution < 1.29 is 0 Å². The van der Waals surface area contributed by atoms with Crippen LogP contribution in [-0.2, 0) is 13.1 Å². The summed E-state index contributed by atoms with van der Waals surface area (Å²) >= 11 is 0. The minimum Gasteiger partial charge on any atom is -0.313 e. The van der Waals surface area contributed by atoms with Gasteiger partial charge >= 0.3 is 0 Å². The van der Waals surface area contributed by atoms with Crippen LogP contribution in [0.5, 0.6) is 0 Å². The van der Waals surface area contributed by atoms with E-state index < -0.39 is 0 Å². The van der Waals surface area contributed by atoms with Gasteiger partial charge in [-0.25, -0.2) is 0 Å². The first-order valence-electron chi connectivity index (χ1n) is 7.87. The van der Waals surface area contributed by atoms with Crippen molar-refractivity contribution in [1.82, 2.24) is 15.1 Å². The molecule has 0 aliphatic heterocycles. The molecule has 0 fully saturated rings. The maximum absolute atomic E-state index is 4.48. The summed E-state index contributed by atoms with van der Waals surface area (Å²) in [6, 6.07) is 11.0. The first kappa shape index (κ1) is 15.8. The van der Waals surface area contributed by atoms with Crippen molar-refractivity contribution >= 4 is 0 Å². The highest BCUT2D eigenvalue weighted by molar-refractivity contribution is 5.24. The fraction of sp³-hybridized carbons (Fsp3) is 0.500. The van der Waals surface area contributed by atoms with Gasteiger partial charge in [-0.15, -0.1) is 0 Å². The van der Waals surface area contributed by atoms with Crippen LogP contribution >= 0.6 is 0 Å². The average Bonchev–Trinajstić information content (AvgIpc) is 2.77. The standard InChI is InChI=1S/C18H27N3/c1-14(2)18-8-6-17(7-9-18)13-19-10-5-11-21-16(4)12-15(3)20-21/h6-9,12,14,19H,5,10-11,13H2,1-4H3. The molecular weight excluding hydrogens is 258 g/mol. The Morgan fingerprint density at radius 2 is 1.86 bits per heavy atom. The van der Waals surface area contributed by atoms with Crippen molar-refractivity contribution in [3.8, 4) is 0 Å². The maximum atomic E-state index is 4.48. The van der Waals surface area contributed by atoms with E-state index in [1.54, 1.807) is 0 Å². The number of hydrogen-bond acceptors (Lipinski definition) is 2. The second kappa shape index (κ2) is 7.41. The van der Waals surface area contributed by atoms with Gasteiger partial charge in [0, 0.05) is 18.8 Å². The van der Waals surface area contributed by atoms with Gasteiger partial charge in [-0.05, 0) is 49.9 Å². The van der Waals surface area contributed by atoms with Gasteiger partial charge in [0.1, 0.15) is 0 Å². The minimum atomic E-state index is 0.604. The second-order valence-corrected chi connectivity index (χ2v) is 6.08. The summed E-state index contributed by atoms with van der Waals surface area (Å²) in [6.45, 7) is 11.6. The summed E-state index contributed by atoms with van der Waals surface area (Å²) in [7, 11) is 0. The molecule has 0 amide bonds. The van der Waals surface area contributed by atoms with E-state index in [9.17, 15) is 0 Å². The van der Waals surface area contributed by atoms with Gasteiger partial charge in [-0.1, -0.05) is 38.1 Å². The molecule has 0 saturated carbocycles. The molecule has 21 heavy (non-hydrogen) atoms. The molecule has 114 valence electrons. The van der Waals surface area contributed by atoms with Crippen molar-refractivity contribution in [3.05, 3.63) is 52.8 Å². The largest absolute Gasteiger partial charge is 0.313 e. The molecule has 0 atom stereocenters. The van der Waals surface area contributed by atoms with E-state index in [-0.39, 0.29) is 0 Å². The Morgan fingerprint density at radius 1 is 1.14 bits per heavy atom. The lowest BCUT2D eigenvalue weighted by molar-refractivity contribution is 0.532. The van der Waals surface area contributed by atoms with E-state index in [0.717, 1.165) is 31.7 Å². The van der Waals surface area contributed by atoms with Crippen molar-refractivity contribution in [2.24, 2.45) is 0 Å². The summed E-state index contributed by atoms with van der Waals surface area (Å²) < 4.78 is 2.09. The molecule has 1 N–H and O–H groups in total. The molecule has 1 heterocycles. The predicted octanol–water partition coefficient (Wildman–Crippen LogP) is 3.80. The third-order valence-electron chi connectivity index (χ3n) is 3.80. The number of rotatable bonds is 7. The van der Waals surface area contributed by atoms with Crippen LogP contribution in [0.2, 0.25) is 0 Å². The highest BCUT2D eigenvalue weighted by Gasteiger charge is 2.01. The predicted molar refractivity (Wildman–Crippen MR) is 88.6 cm³/mol. The quantitative estimate of drug-likeness (QED) is 0.784. The summed E-state index contributed by atoms with van der Waals surface area (Å²) in [5.41, 5.74) is 5.11. The molecule has 0 spiro atoms. The fourth-order valence-electron chi connectivity index (χ4n) is 2.51. The molecule has 0 unspecified atom stereocenters. The third-order valence-corrected chi connectivity index (χ3v) is 3.80. The molecule has 3 nitrogen and oxygen atoms in total. The molecule has 0 saturated heterocycles. The van der Waals surface area contributed by atoms with Crippen molar-refractivity contribution in [3.63, 3.8) is 0 Å². The lowest BCUT2D eigenvalue weighted by Gasteiger charge is -2.09. The van der Waals surface area contributed by atoms with Crippen LogP contribution in [0.25, 0.3) is 0 Å². The number of nitrogens with zero attached hydrogens (tertiary/aromatic N) is 2. The molecule has 2 rings (SSSR count). The first-order valence-corrected chi connectivity index (χ1v) is 7.87. The molecule has 1 aromatic heterocycles. The summed E-state index contributed by atoms with van der Waals surface area (Å²) in [6.07, 6.45) is 1.10. The van der Waals surface area contributed by atoms with Gasteiger partial charge in [0.2, 0.25) is 0 Å². The van der Waals surface area contributed by atoms with Crippen LogP contribution in [0.3, 0.4) is 0 Å². The van der Waals surface area contributed by atoms with E-state index in [1.807, 2.05) is 6.92 Å². The third kappa shape index (κ3) is 4.71. The molecule has 3 heteroatoms. The van der Waals surface area contributed by atoms with Crippen LogP contribution in [0.15, 0.2) is 30.3 Å². The molecule has 0 aliphatic rings. The molecule has 1 aromatic carbocycles. The summed E-state index contributed by atoms with van der Waals surface area (Å²) in [5.74, 6) is 0.604. The highest BCUT2D eigenvalue weighted by Crippen LogP contribution is 2.14. The Labute approximate surface area is 128 Å². The molecule has 0 aliphatic carbocycles. The number of hydrogen-bond donors (Lipinski definition) is 1. The number of aromatic nitrogens is 2. The zero-order chi connectivity index (χ0) is 15.2. The topological polar surface area (TPSA) is 29.9 Å². The zero-order valence-electron chi connectivity index (χ0n) is 13.7. The second-order valence-electron chi connectivity index (χ2n) is 6.08. The smallest absolute Gasteiger partial charge is 0.0596 e.